The Balaban J connectivity index is 1.40. The summed E-state index contributed by atoms with van der Waals surface area (Å²) in [6.07, 6.45) is 1.30. The van der Waals surface area contributed by atoms with Gasteiger partial charge in [0, 0.05) is 24.7 Å². The second-order valence-electron chi connectivity index (χ2n) is 7.69. The Morgan fingerprint density at radius 3 is 2.42 bits per heavy atom. The number of carbonyl (C=O) groups excluding carboxylic acids is 1. The number of rotatable bonds is 5. The van der Waals surface area contributed by atoms with Crippen LogP contribution in [0.15, 0.2) is 53.4 Å². The van der Waals surface area contributed by atoms with Crippen molar-refractivity contribution >= 4 is 33.0 Å². The third-order valence-electron chi connectivity index (χ3n) is 5.59. The zero-order valence-corrected chi connectivity index (χ0v) is 19.0. The highest BCUT2D eigenvalue weighted by Crippen LogP contribution is 2.32. The number of sulfonamides is 1. The summed E-state index contributed by atoms with van der Waals surface area (Å²) in [7, 11) is -3.51. The third kappa shape index (κ3) is 4.68. The summed E-state index contributed by atoms with van der Waals surface area (Å²) < 4.78 is 27.6. The number of hydrogen-bond donors (Lipinski definition) is 1. The van der Waals surface area contributed by atoms with Crippen molar-refractivity contribution in [2.45, 2.75) is 37.5 Å². The van der Waals surface area contributed by atoms with Crippen molar-refractivity contribution in [3.63, 3.8) is 0 Å². The van der Waals surface area contributed by atoms with Gasteiger partial charge in [0.15, 0.2) is 0 Å². The number of amides is 1. The van der Waals surface area contributed by atoms with E-state index in [1.54, 1.807) is 12.1 Å². The number of aromatic nitrogens is 2. The lowest BCUT2D eigenvalue weighted by Gasteiger charge is -2.30. The van der Waals surface area contributed by atoms with Crippen LogP contribution in [0.3, 0.4) is 0 Å². The average Bonchev–Trinajstić information content (AvgIpc) is 3.27. The van der Waals surface area contributed by atoms with E-state index < -0.39 is 10.0 Å². The van der Waals surface area contributed by atoms with Gasteiger partial charge in [-0.2, -0.15) is 4.31 Å². The van der Waals surface area contributed by atoms with Crippen molar-refractivity contribution in [1.82, 2.24) is 14.5 Å². The molecule has 1 aromatic heterocycles. The van der Waals surface area contributed by atoms with Crippen LogP contribution in [0.25, 0.3) is 0 Å². The van der Waals surface area contributed by atoms with Gasteiger partial charge in [0.1, 0.15) is 5.01 Å². The molecule has 0 spiro atoms. The first-order valence-corrected chi connectivity index (χ1v) is 12.4. The highest BCUT2D eigenvalue weighted by molar-refractivity contribution is 7.89. The average molecular weight is 457 g/mol. The molecule has 0 radical (unpaired) electrons. The molecule has 0 atom stereocenters. The molecule has 1 saturated heterocycles. The minimum absolute atomic E-state index is 0.0991. The van der Waals surface area contributed by atoms with Crippen molar-refractivity contribution in [3.05, 3.63) is 69.7 Å². The molecule has 2 aromatic carbocycles. The molecule has 0 aliphatic carbocycles. The van der Waals surface area contributed by atoms with E-state index in [0.717, 1.165) is 16.1 Å². The molecule has 1 N–H and O–H groups in total. The summed E-state index contributed by atoms with van der Waals surface area (Å²) in [5.74, 6) is -0.188. The first-order valence-electron chi connectivity index (χ1n) is 10.1. The van der Waals surface area contributed by atoms with Gasteiger partial charge in [0.05, 0.1) is 4.90 Å². The number of nitrogens with zero attached hydrogens (tertiary/aromatic N) is 3. The Kier molecular flexibility index (Phi) is 6.17. The summed E-state index contributed by atoms with van der Waals surface area (Å²) in [5, 5.41) is 12.2. The molecule has 0 unspecified atom stereocenters. The molecule has 31 heavy (non-hydrogen) atoms. The zero-order valence-electron chi connectivity index (χ0n) is 17.4. The fourth-order valence-electron chi connectivity index (χ4n) is 3.56. The summed E-state index contributed by atoms with van der Waals surface area (Å²) in [6.45, 7) is 4.73. The number of benzene rings is 2. The first-order chi connectivity index (χ1) is 14.8. The Morgan fingerprint density at radius 1 is 1.03 bits per heavy atom. The smallest absolute Gasteiger partial charge is 0.286 e. The molecule has 0 saturated carbocycles. The Bertz CT molecular complexity index is 1180. The number of carbonyl (C=O) groups is 1. The van der Waals surface area contributed by atoms with Crippen LogP contribution in [-0.2, 0) is 10.0 Å². The van der Waals surface area contributed by atoms with Crippen molar-refractivity contribution in [1.29, 1.82) is 0 Å². The molecule has 3 aromatic rings. The van der Waals surface area contributed by atoms with Crippen LogP contribution in [-0.4, -0.2) is 41.9 Å². The first kappa shape index (κ1) is 21.6. The van der Waals surface area contributed by atoms with Gasteiger partial charge in [0.2, 0.25) is 15.0 Å². The molecule has 7 nitrogen and oxygen atoms in total. The summed E-state index contributed by atoms with van der Waals surface area (Å²) >= 11 is 1.27. The fraction of sp³-hybridized carbons (Fsp3) is 0.318. The van der Waals surface area contributed by atoms with E-state index in [9.17, 15) is 13.2 Å². The van der Waals surface area contributed by atoms with E-state index in [-0.39, 0.29) is 11.8 Å². The van der Waals surface area contributed by atoms with Crippen molar-refractivity contribution in [3.8, 4) is 0 Å². The Labute approximate surface area is 186 Å². The van der Waals surface area contributed by atoms with Crippen molar-refractivity contribution < 1.29 is 13.2 Å². The van der Waals surface area contributed by atoms with E-state index >= 15 is 0 Å². The maximum atomic E-state index is 13.0. The van der Waals surface area contributed by atoms with E-state index in [1.165, 1.54) is 15.6 Å². The number of anilines is 1. The van der Waals surface area contributed by atoms with Crippen molar-refractivity contribution in [2.75, 3.05) is 18.4 Å². The standard InChI is InChI=1S/C22H24N4O3S2/c1-15-8-9-19(14-16(15)2)31(28,29)26-12-10-17(11-13-26)21-24-25-22(30-21)20(27)23-18-6-4-3-5-7-18/h3-9,14,17H,10-13H2,1-2H3,(H,23,27). The van der Waals surface area contributed by atoms with Crippen LogP contribution in [0, 0.1) is 13.8 Å². The van der Waals surface area contributed by atoms with Crippen LogP contribution in [0.5, 0.6) is 0 Å². The molecule has 9 heteroatoms. The topological polar surface area (TPSA) is 92.3 Å². The van der Waals surface area contributed by atoms with Crippen LogP contribution in [0.1, 0.15) is 44.7 Å². The monoisotopic (exact) mass is 456 g/mol. The van der Waals surface area contributed by atoms with E-state index in [4.69, 9.17) is 0 Å². The minimum Gasteiger partial charge on any atom is -0.320 e. The van der Waals surface area contributed by atoms with Crippen LogP contribution in [0.2, 0.25) is 0 Å². The maximum Gasteiger partial charge on any atom is 0.286 e. The highest BCUT2D eigenvalue weighted by atomic mass is 32.2. The zero-order chi connectivity index (χ0) is 22.0. The van der Waals surface area contributed by atoms with E-state index in [1.807, 2.05) is 50.2 Å². The molecule has 4 rings (SSSR count). The Morgan fingerprint density at radius 2 is 1.74 bits per heavy atom. The summed E-state index contributed by atoms with van der Waals surface area (Å²) in [6, 6.07) is 14.5. The summed E-state index contributed by atoms with van der Waals surface area (Å²) in [5.41, 5.74) is 2.74. The predicted octanol–water partition coefficient (Wildman–Crippen LogP) is 3.98. The van der Waals surface area contributed by atoms with Crippen LogP contribution < -0.4 is 5.32 Å². The number of aryl methyl sites for hydroxylation is 2. The quantitative estimate of drug-likeness (QED) is 0.627. The molecule has 0 bridgehead atoms. The molecular formula is C22H24N4O3S2. The normalized spacial score (nSPS) is 15.7. The maximum absolute atomic E-state index is 13.0. The molecule has 1 aliphatic heterocycles. The van der Waals surface area contributed by atoms with Gasteiger partial charge in [-0.1, -0.05) is 35.6 Å². The van der Waals surface area contributed by atoms with E-state index in [0.29, 0.717) is 41.5 Å². The largest absolute Gasteiger partial charge is 0.320 e. The molecular weight excluding hydrogens is 432 g/mol. The highest BCUT2D eigenvalue weighted by Gasteiger charge is 2.31. The predicted molar refractivity (Wildman–Crippen MR) is 121 cm³/mol. The molecule has 1 amide bonds. The number of nitrogens with one attached hydrogen (secondary N) is 1. The second-order valence-corrected chi connectivity index (χ2v) is 10.6. The van der Waals surface area contributed by atoms with E-state index in [2.05, 4.69) is 15.5 Å². The molecule has 2 heterocycles. The van der Waals surface area contributed by atoms with Gasteiger partial charge < -0.3 is 5.32 Å². The lowest BCUT2D eigenvalue weighted by Crippen LogP contribution is -2.37. The molecule has 1 aliphatic rings. The second kappa shape index (κ2) is 8.86. The van der Waals surface area contributed by atoms with Crippen LogP contribution >= 0.6 is 11.3 Å². The van der Waals surface area contributed by atoms with Gasteiger partial charge in [0.25, 0.3) is 5.91 Å². The molecule has 162 valence electrons. The number of piperidine rings is 1. The van der Waals surface area contributed by atoms with Gasteiger partial charge in [-0.15, -0.1) is 10.2 Å². The fourth-order valence-corrected chi connectivity index (χ4v) is 6.03. The lowest BCUT2D eigenvalue weighted by molar-refractivity contribution is 0.102. The minimum atomic E-state index is -3.51. The lowest BCUT2D eigenvalue weighted by atomic mass is 9.99. The number of hydrogen-bond acceptors (Lipinski definition) is 6. The van der Waals surface area contributed by atoms with Gasteiger partial charge in [-0.05, 0) is 62.1 Å². The van der Waals surface area contributed by atoms with Gasteiger partial charge in [-0.3, -0.25) is 4.79 Å². The third-order valence-corrected chi connectivity index (χ3v) is 8.56. The molecule has 1 fully saturated rings. The van der Waals surface area contributed by atoms with Crippen molar-refractivity contribution in [2.24, 2.45) is 0 Å². The van der Waals surface area contributed by atoms with Crippen LogP contribution in [0.4, 0.5) is 5.69 Å². The Hall–Kier alpha value is -2.62. The van der Waals surface area contributed by atoms with Gasteiger partial charge in [-0.25, -0.2) is 8.42 Å². The van der Waals surface area contributed by atoms with Gasteiger partial charge >= 0.3 is 0 Å². The SMILES string of the molecule is Cc1ccc(S(=O)(=O)N2CCC(c3nnc(C(=O)Nc4ccccc4)s3)CC2)cc1C. The summed E-state index contributed by atoms with van der Waals surface area (Å²) in [4.78, 5) is 12.7. The number of para-hydroxylation sites is 1.